The standard InChI is InChI=1S/C8H10FNO2/c1-5-6(3-11)8(4-12)10-2-7(5)9/h2,11-12H,3-4H2,1H3. The van der Waals surface area contributed by atoms with Gasteiger partial charge >= 0.3 is 0 Å². The number of hydrogen-bond donors (Lipinski definition) is 2. The Morgan fingerprint density at radius 2 is 2.08 bits per heavy atom. The molecule has 3 nitrogen and oxygen atoms in total. The van der Waals surface area contributed by atoms with Crippen molar-refractivity contribution in [3.63, 3.8) is 0 Å². The Bertz CT molecular complexity index is 289. The van der Waals surface area contributed by atoms with Crippen molar-refractivity contribution in [2.45, 2.75) is 20.1 Å². The lowest BCUT2D eigenvalue weighted by molar-refractivity contribution is 0.254. The number of aliphatic hydroxyl groups excluding tert-OH is 2. The van der Waals surface area contributed by atoms with Crippen LogP contribution in [0.3, 0.4) is 0 Å². The van der Waals surface area contributed by atoms with Crippen molar-refractivity contribution in [2.75, 3.05) is 0 Å². The smallest absolute Gasteiger partial charge is 0.144 e. The number of rotatable bonds is 2. The van der Waals surface area contributed by atoms with E-state index in [1.165, 1.54) is 0 Å². The van der Waals surface area contributed by atoms with E-state index in [4.69, 9.17) is 10.2 Å². The predicted octanol–water partition coefficient (Wildman–Crippen LogP) is 0.514. The van der Waals surface area contributed by atoms with Crippen molar-refractivity contribution in [1.82, 2.24) is 4.98 Å². The minimum absolute atomic E-state index is 0.281. The van der Waals surface area contributed by atoms with Crippen LogP contribution in [0.25, 0.3) is 0 Å². The van der Waals surface area contributed by atoms with Gasteiger partial charge in [0.2, 0.25) is 0 Å². The highest BCUT2D eigenvalue weighted by Gasteiger charge is 2.09. The molecule has 0 aliphatic rings. The highest BCUT2D eigenvalue weighted by molar-refractivity contribution is 5.29. The van der Waals surface area contributed by atoms with E-state index >= 15 is 0 Å². The molecular formula is C8H10FNO2. The lowest BCUT2D eigenvalue weighted by atomic mass is 10.1. The van der Waals surface area contributed by atoms with Crippen LogP contribution in [-0.4, -0.2) is 15.2 Å². The van der Waals surface area contributed by atoms with E-state index in [1.807, 2.05) is 0 Å². The van der Waals surface area contributed by atoms with Crippen LogP contribution >= 0.6 is 0 Å². The summed E-state index contributed by atoms with van der Waals surface area (Å²) in [6.07, 6.45) is 1.04. The van der Waals surface area contributed by atoms with E-state index in [1.54, 1.807) is 6.92 Å². The zero-order chi connectivity index (χ0) is 9.14. The average Bonchev–Trinajstić information content (AvgIpc) is 2.09. The molecule has 0 saturated heterocycles. The fraction of sp³-hybridized carbons (Fsp3) is 0.375. The fourth-order valence-electron chi connectivity index (χ4n) is 1.02. The Hall–Kier alpha value is -1.00. The van der Waals surface area contributed by atoms with Gasteiger partial charge in [-0.1, -0.05) is 0 Å². The molecule has 0 unspecified atom stereocenters. The molecule has 0 saturated carbocycles. The van der Waals surface area contributed by atoms with E-state index in [0.717, 1.165) is 6.20 Å². The van der Waals surface area contributed by atoms with E-state index in [-0.39, 0.29) is 13.2 Å². The molecule has 1 aromatic heterocycles. The van der Waals surface area contributed by atoms with Gasteiger partial charge in [0.25, 0.3) is 0 Å². The van der Waals surface area contributed by atoms with Gasteiger partial charge < -0.3 is 10.2 Å². The molecule has 12 heavy (non-hydrogen) atoms. The van der Waals surface area contributed by atoms with Gasteiger partial charge in [0.15, 0.2) is 0 Å². The quantitative estimate of drug-likeness (QED) is 0.681. The molecule has 0 fully saturated rings. The SMILES string of the molecule is Cc1c(F)cnc(CO)c1CO. The molecule has 0 spiro atoms. The third kappa shape index (κ3) is 1.44. The molecule has 0 aliphatic heterocycles. The molecule has 1 rings (SSSR count). The second-order valence-corrected chi connectivity index (χ2v) is 2.47. The number of aromatic nitrogens is 1. The van der Waals surface area contributed by atoms with Crippen LogP contribution in [0.15, 0.2) is 6.20 Å². The van der Waals surface area contributed by atoms with Gasteiger partial charge in [0.05, 0.1) is 25.1 Å². The monoisotopic (exact) mass is 171 g/mol. The molecule has 1 heterocycles. The maximum absolute atomic E-state index is 12.8. The van der Waals surface area contributed by atoms with Gasteiger partial charge in [-0.3, -0.25) is 4.98 Å². The van der Waals surface area contributed by atoms with Crippen LogP contribution in [0.5, 0.6) is 0 Å². The summed E-state index contributed by atoms with van der Waals surface area (Å²) in [5.74, 6) is -0.462. The van der Waals surface area contributed by atoms with E-state index in [9.17, 15) is 4.39 Å². The Morgan fingerprint density at radius 1 is 1.42 bits per heavy atom. The van der Waals surface area contributed by atoms with Gasteiger partial charge in [-0.2, -0.15) is 0 Å². The van der Waals surface area contributed by atoms with Crippen molar-refractivity contribution in [1.29, 1.82) is 0 Å². The summed E-state index contributed by atoms with van der Waals surface area (Å²) in [5.41, 5.74) is 1.05. The number of hydrogen-bond acceptors (Lipinski definition) is 3. The van der Waals surface area contributed by atoms with Crippen LogP contribution in [-0.2, 0) is 13.2 Å². The second kappa shape index (κ2) is 3.60. The molecule has 0 aromatic carbocycles. The molecule has 0 radical (unpaired) electrons. The first kappa shape index (κ1) is 9.09. The summed E-state index contributed by atoms with van der Waals surface area (Å²) < 4.78 is 12.8. The highest BCUT2D eigenvalue weighted by atomic mass is 19.1. The van der Waals surface area contributed by atoms with Crippen molar-refractivity contribution in [3.8, 4) is 0 Å². The van der Waals surface area contributed by atoms with E-state index < -0.39 is 5.82 Å². The Labute approximate surface area is 69.5 Å². The zero-order valence-electron chi connectivity index (χ0n) is 6.71. The van der Waals surface area contributed by atoms with Crippen LogP contribution in [0.2, 0.25) is 0 Å². The zero-order valence-corrected chi connectivity index (χ0v) is 6.71. The summed E-state index contributed by atoms with van der Waals surface area (Å²) in [7, 11) is 0. The fourth-order valence-corrected chi connectivity index (χ4v) is 1.02. The third-order valence-electron chi connectivity index (χ3n) is 1.80. The summed E-state index contributed by atoms with van der Waals surface area (Å²) >= 11 is 0. The maximum atomic E-state index is 12.8. The predicted molar refractivity (Wildman–Crippen MR) is 40.8 cm³/mol. The molecular weight excluding hydrogens is 161 g/mol. The van der Waals surface area contributed by atoms with Crippen LogP contribution in [0.4, 0.5) is 4.39 Å². The maximum Gasteiger partial charge on any atom is 0.144 e. The third-order valence-corrected chi connectivity index (χ3v) is 1.80. The molecule has 1 aromatic rings. The van der Waals surface area contributed by atoms with Crippen molar-refractivity contribution >= 4 is 0 Å². The Kier molecular flexibility index (Phi) is 2.73. The van der Waals surface area contributed by atoms with Crippen molar-refractivity contribution in [3.05, 3.63) is 28.8 Å². The lowest BCUT2D eigenvalue weighted by Gasteiger charge is -2.07. The van der Waals surface area contributed by atoms with E-state index in [2.05, 4.69) is 4.98 Å². The van der Waals surface area contributed by atoms with Crippen LogP contribution in [0.1, 0.15) is 16.8 Å². The van der Waals surface area contributed by atoms with Gasteiger partial charge in [0, 0.05) is 5.56 Å². The molecule has 66 valence electrons. The van der Waals surface area contributed by atoms with Gasteiger partial charge in [-0.25, -0.2) is 4.39 Å². The minimum atomic E-state index is -0.462. The number of nitrogens with zero attached hydrogens (tertiary/aromatic N) is 1. The van der Waals surface area contributed by atoms with Crippen LogP contribution < -0.4 is 0 Å². The second-order valence-electron chi connectivity index (χ2n) is 2.47. The number of pyridine rings is 1. The first-order valence-electron chi connectivity index (χ1n) is 3.55. The normalized spacial score (nSPS) is 10.3. The van der Waals surface area contributed by atoms with Gasteiger partial charge in [-0.05, 0) is 12.5 Å². The molecule has 0 bridgehead atoms. The summed E-state index contributed by atoms with van der Waals surface area (Å²) in [5, 5.41) is 17.6. The first-order chi connectivity index (χ1) is 5.70. The minimum Gasteiger partial charge on any atom is -0.392 e. The first-order valence-corrected chi connectivity index (χ1v) is 3.55. The van der Waals surface area contributed by atoms with Crippen LogP contribution in [0, 0.1) is 12.7 Å². The molecule has 0 aliphatic carbocycles. The molecule has 2 N–H and O–H groups in total. The topological polar surface area (TPSA) is 53.4 Å². The molecule has 4 heteroatoms. The van der Waals surface area contributed by atoms with Gasteiger partial charge in [-0.15, -0.1) is 0 Å². The van der Waals surface area contributed by atoms with Crippen molar-refractivity contribution < 1.29 is 14.6 Å². The van der Waals surface area contributed by atoms with Crippen molar-refractivity contribution in [2.24, 2.45) is 0 Å². The summed E-state index contributed by atoms with van der Waals surface area (Å²) in [6, 6.07) is 0. The molecule has 0 atom stereocenters. The van der Waals surface area contributed by atoms with E-state index in [0.29, 0.717) is 16.8 Å². The largest absolute Gasteiger partial charge is 0.392 e. The van der Waals surface area contributed by atoms with Gasteiger partial charge in [0.1, 0.15) is 5.82 Å². The number of halogens is 1. The highest BCUT2D eigenvalue weighted by Crippen LogP contribution is 2.14. The Balaban J connectivity index is 3.25. The average molecular weight is 171 g/mol. The number of aliphatic hydroxyl groups is 2. The summed E-state index contributed by atoms with van der Waals surface area (Å²) in [4.78, 5) is 3.64. The lowest BCUT2D eigenvalue weighted by Crippen LogP contribution is -2.02. The Morgan fingerprint density at radius 3 is 2.58 bits per heavy atom. The molecule has 0 amide bonds. The summed E-state index contributed by atoms with van der Waals surface area (Å²) in [6.45, 7) is 0.964.